The number of aliphatic carboxylic acids is 1. The summed E-state index contributed by atoms with van der Waals surface area (Å²) in [6.45, 7) is 0.404. The Morgan fingerprint density at radius 2 is 2.15 bits per heavy atom. The van der Waals surface area contributed by atoms with Gasteiger partial charge in [-0.15, -0.1) is 0 Å². The van der Waals surface area contributed by atoms with E-state index in [1.165, 1.54) is 18.6 Å². The fourth-order valence-electron chi connectivity index (χ4n) is 2.34. The number of hydrogen-bond donors (Lipinski definition) is 1. The molecule has 1 aromatic carbocycles. The van der Waals surface area contributed by atoms with Gasteiger partial charge >= 0.3 is 5.97 Å². The van der Waals surface area contributed by atoms with Crippen LogP contribution in [-0.4, -0.2) is 27.1 Å². The molecule has 2 aromatic rings. The minimum Gasteiger partial charge on any atom is -0.480 e. The summed E-state index contributed by atoms with van der Waals surface area (Å²) < 4.78 is 5.72. The fraction of sp³-hybridized carbons (Fsp3) is 0.267. The summed E-state index contributed by atoms with van der Waals surface area (Å²) in [7, 11) is 0. The van der Waals surface area contributed by atoms with Crippen LogP contribution in [0.1, 0.15) is 17.7 Å². The highest BCUT2D eigenvalue weighted by Crippen LogP contribution is 2.50. The lowest BCUT2D eigenvalue weighted by atomic mass is 10.0. The minimum atomic E-state index is -1.04. The van der Waals surface area contributed by atoms with Crippen molar-refractivity contribution in [2.24, 2.45) is 0 Å². The number of carboxylic acid groups (broad SMARTS) is 1. The molecule has 1 aliphatic rings. The Bertz CT molecular complexity index is 603. The van der Waals surface area contributed by atoms with E-state index in [1.54, 1.807) is 0 Å². The van der Waals surface area contributed by atoms with Crippen LogP contribution in [0.15, 0.2) is 48.9 Å². The van der Waals surface area contributed by atoms with Crippen LogP contribution in [0.5, 0.6) is 0 Å². The second-order valence-electron chi connectivity index (χ2n) is 4.86. The van der Waals surface area contributed by atoms with Crippen molar-refractivity contribution < 1.29 is 14.6 Å². The maximum Gasteiger partial charge on any atom is 0.318 e. The fourth-order valence-corrected chi connectivity index (χ4v) is 2.34. The number of benzene rings is 1. The molecular formula is C15H14N2O3. The molecule has 0 radical (unpaired) electrons. The molecule has 1 saturated carbocycles. The molecule has 3 rings (SSSR count). The van der Waals surface area contributed by atoms with Gasteiger partial charge in [-0.2, -0.15) is 0 Å². The molecule has 0 saturated heterocycles. The van der Waals surface area contributed by atoms with E-state index in [0.717, 1.165) is 5.56 Å². The molecule has 2 unspecified atom stereocenters. The van der Waals surface area contributed by atoms with Crippen molar-refractivity contribution in [1.29, 1.82) is 0 Å². The zero-order valence-corrected chi connectivity index (χ0v) is 10.8. The Labute approximate surface area is 116 Å². The molecule has 0 amide bonds. The third-order valence-electron chi connectivity index (χ3n) is 3.59. The van der Waals surface area contributed by atoms with Gasteiger partial charge in [0.05, 0.1) is 18.4 Å². The minimum absolute atomic E-state index is 0.350. The molecule has 1 N–H and O–H groups in total. The molecule has 20 heavy (non-hydrogen) atoms. The third-order valence-corrected chi connectivity index (χ3v) is 3.59. The van der Waals surface area contributed by atoms with Gasteiger partial charge in [-0.25, -0.2) is 0 Å². The molecular weight excluding hydrogens is 256 g/mol. The van der Waals surface area contributed by atoms with E-state index >= 15 is 0 Å². The quantitative estimate of drug-likeness (QED) is 0.896. The first-order chi connectivity index (χ1) is 9.73. The average molecular weight is 270 g/mol. The molecule has 1 fully saturated rings. The second kappa shape index (κ2) is 5.02. The number of nitrogens with zero attached hydrogens (tertiary/aromatic N) is 2. The van der Waals surface area contributed by atoms with Gasteiger partial charge in [-0.3, -0.25) is 14.8 Å². The van der Waals surface area contributed by atoms with Crippen LogP contribution in [0, 0.1) is 0 Å². The van der Waals surface area contributed by atoms with Crippen LogP contribution in [0.3, 0.4) is 0 Å². The zero-order chi connectivity index (χ0) is 14.0. The first-order valence-corrected chi connectivity index (χ1v) is 6.39. The SMILES string of the molecule is O=C(O)C1(c2cnccn2)CC1OCc1ccccc1. The Balaban J connectivity index is 1.72. The summed E-state index contributed by atoms with van der Waals surface area (Å²) in [6, 6.07) is 9.69. The molecule has 1 heterocycles. The Hall–Kier alpha value is -2.27. The smallest absolute Gasteiger partial charge is 0.318 e. The Morgan fingerprint density at radius 3 is 2.80 bits per heavy atom. The highest BCUT2D eigenvalue weighted by Gasteiger charge is 2.64. The molecule has 2 atom stereocenters. The lowest BCUT2D eigenvalue weighted by Crippen LogP contribution is -2.26. The average Bonchev–Trinajstić information content (AvgIpc) is 3.23. The molecule has 0 spiro atoms. The molecule has 1 aromatic heterocycles. The summed E-state index contributed by atoms with van der Waals surface area (Å²) in [5.74, 6) is -0.906. The predicted molar refractivity (Wildman–Crippen MR) is 71.0 cm³/mol. The Kier molecular flexibility index (Phi) is 3.20. The third kappa shape index (κ3) is 2.16. The lowest BCUT2D eigenvalue weighted by Gasteiger charge is -2.11. The van der Waals surface area contributed by atoms with Gasteiger partial charge in [0.25, 0.3) is 0 Å². The normalized spacial score (nSPS) is 24.3. The highest BCUT2D eigenvalue weighted by atomic mass is 16.5. The summed E-state index contributed by atoms with van der Waals surface area (Å²) in [4.78, 5) is 19.6. The molecule has 102 valence electrons. The first kappa shape index (κ1) is 12.7. The molecule has 0 aliphatic heterocycles. The van der Waals surface area contributed by atoms with Gasteiger partial charge in [0.15, 0.2) is 0 Å². The molecule has 5 heteroatoms. The maximum atomic E-state index is 11.6. The predicted octanol–water partition coefficient (Wildman–Crippen LogP) is 1.79. The van der Waals surface area contributed by atoms with Crippen molar-refractivity contribution in [3.05, 3.63) is 60.2 Å². The van der Waals surface area contributed by atoms with Gasteiger partial charge in [0.1, 0.15) is 5.41 Å². The standard InChI is InChI=1S/C15H14N2O3/c18-14(19)15(12-9-16-6-7-17-12)8-13(15)20-10-11-4-2-1-3-5-11/h1-7,9,13H,8,10H2,(H,18,19). The van der Waals surface area contributed by atoms with Gasteiger partial charge in [0, 0.05) is 18.6 Å². The molecule has 0 bridgehead atoms. The van der Waals surface area contributed by atoms with Crippen LogP contribution >= 0.6 is 0 Å². The molecule has 5 nitrogen and oxygen atoms in total. The summed E-state index contributed by atoms with van der Waals surface area (Å²) >= 11 is 0. The van der Waals surface area contributed by atoms with E-state index in [9.17, 15) is 9.90 Å². The first-order valence-electron chi connectivity index (χ1n) is 6.39. The van der Waals surface area contributed by atoms with Crippen LogP contribution in [-0.2, 0) is 21.6 Å². The second-order valence-corrected chi connectivity index (χ2v) is 4.86. The number of carboxylic acids is 1. The Morgan fingerprint density at radius 1 is 1.35 bits per heavy atom. The van der Waals surface area contributed by atoms with Crippen molar-refractivity contribution in [2.45, 2.75) is 24.5 Å². The highest BCUT2D eigenvalue weighted by molar-refractivity contribution is 5.85. The summed E-state index contributed by atoms with van der Waals surface area (Å²) in [5.41, 5.74) is 0.451. The van der Waals surface area contributed by atoms with Crippen LogP contribution in [0.2, 0.25) is 0 Å². The summed E-state index contributed by atoms with van der Waals surface area (Å²) in [6.07, 6.45) is 4.62. The summed E-state index contributed by atoms with van der Waals surface area (Å²) in [5, 5.41) is 9.48. The van der Waals surface area contributed by atoms with Crippen LogP contribution in [0.4, 0.5) is 0 Å². The van der Waals surface area contributed by atoms with E-state index in [0.29, 0.717) is 18.7 Å². The van der Waals surface area contributed by atoms with E-state index in [-0.39, 0.29) is 6.10 Å². The van der Waals surface area contributed by atoms with Gasteiger partial charge in [-0.1, -0.05) is 30.3 Å². The number of hydrogen-bond acceptors (Lipinski definition) is 4. The zero-order valence-electron chi connectivity index (χ0n) is 10.8. The van der Waals surface area contributed by atoms with Crippen LogP contribution < -0.4 is 0 Å². The van der Waals surface area contributed by atoms with Crippen molar-refractivity contribution in [3.8, 4) is 0 Å². The monoisotopic (exact) mass is 270 g/mol. The number of ether oxygens (including phenoxy) is 1. The van der Waals surface area contributed by atoms with Crippen molar-refractivity contribution in [3.63, 3.8) is 0 Å². The largest absolute Gasteiger partial charge is 0.480 e. The van der Waals surface area contributed by atoms with Gasteiger partial charge in [0.2, 0.25) is 0 Å². The van der Waals surface area contributed by atoms with E-state index in [1.807, 2.05) is 30.3 Å². The van der Waals surface area contributed by atoms with Crippen LogP contribution in [0.25, 0.3) is 0 Å². The van der Waals surface area contributed by atoms with E-state index in [2.05, 4.69) is 9.97 Å². The molecule has 1 aliphatic carbocycles. The number of aromatic nitrogens is 2. The van der Waals surface area contributed by atoms with Crippen molar-refractivity contribution in [2.75, 3.05) is 0 Å². The maximum absolute atomic E-state index is 11.6. The van der Waals surface area contributed by atoms with Gasteiger partial charge in [-0.05, 0) is 12.0 Å². The van der Waals surface area contributed by atoms with Crippen molar-refractivity contribution >= 4 is 5.97 Å². The van der Waals surface area contributed by atoms with E-state index in [4.69, 9.17) is 4.74 Å². The van der Waals surface area contributed by atoms with Gasteiger partial charge < -0.3 is 9.84 Å². The van der Waals surface area contributed by atoms with Crippen molar-refractivity contribution in [1.82, 2.24) is 9.97 Å². The number of carbonyl (C=O) groups is 1. The lowest BCUT2D eigenvalue weighted by molar-refractivity contribution is -0.141. The topological polar surface area (TPSA) is 72.3 Å². The van der Waals surface area contributed by atoms with E-state index < -0.39 is 11.4 Å². The number of rotatable bonds is 5.